The van der Waals surface area contributed by atoms with Crippen molar-refractivity contribution in [1.82, 2.24) is 20.2 Å². The summed E-state index contributed by atoms with van der Waals surface area (Å²) in [6.07, 6.45) is 5.29. The zero-order valence-electron chi connectivity index (χ0n) is 13.0. The van der Waals surface area contributed by atoms with Crippen molar-refractivity contribution < 1.29 is 0 Å². The van der Waals surface area contributed by atoms with Gasteiger partial charge in [0.1, 0.15) is 0 Å². The summed E-state index contributed by atoms with van der Waals surface area (Å²) < 4.78 is 0. The van der Waals surface area contributed by atoms with Gasteiger partial charge >= 0.3 is 0 Å². The third-order valence-electron chi connectivity index (χ3n) is 3.58. The minimum Gasteiger partial charge on any atom is -0.321 e. The lowest BCUT2D eigenvalue weighted by Gasteiger charge is -2.10. The zero-order chi connectivity index (χ0) is 15.5. The number of anilines is 2. The van der Waals surface area contributed by atoms with Gasteiger partial charge in [0.2, 0.25) is 5.95 Å². The van der Waals surface area contributed by atoms with E-state index in [0.29, 0.717) is 11.9 Å². The Morgan fingerprint density at radius 2 is 1.86 bits per heavy atom. The number of hydrogen-bond acceptors (Lipinski definition) is 4. The fourth-order valence-electron chi connectivity index (χ4n) is 2.27. The number of hydrogen-bond donors (Lipinski definition) is 2. The molecule has 0 fully saturated rings. The normalized spacial score (nSPS) is 10.9. The van der Waals surface area contributed by atoms with E-state index in [1.807, 2.05) is 13.1 Å². The maximum atomic E-state index is 4.63. The van der Waals surface area contributed by atoms with Crippen LogP contribution >= 0.6 is 0 Å². The molecule has 5 nitrogen and oxygen atoms in total. The standard InChI is InChI=1S/C17H19N5/c1-11(2)13-4-6-14(7-5-13)16-12(3)8-18-17(22-16)21-15-9-19-20-10-15/h4-11H,1-3H3,(H,19,20)(H,18,21,22). The van der Waals surface area contributed by atoms with Crippen LogP contribution in [0.25, 0.3) is 11.3 Å². The van der Waals surface area contributed by atoms with Gasteiger partial charge in [-0.2, -0.15) is 5.10 Å². The Hall–Kier alpha value is -2.69. The van der Waals surface area contributed by atoms with E-state index in [1.54, 1.807) is 12.4 Å². The highest BCUT2D eigenvalue weighted by molar-refractivity contribution is 5.65. The molecule has 0 unspecified atom stereocenters. The Labute approximate surface area is 129 Å². The first-order chi connectivity index (χ1) is 10.6. The van der Waals surface area contributed by atoms with Crippen molar-refractivity contribution in [2.24, 2.45) is 0 Å². The highest BCUT2D eigenvalue weighted by atomic mass is 15.2. The van der Waals surface area contributed by atoms with Crippen LogP contribution in [0.4, 0.5) is 11.6 Å². The molecular formula is C17H19N5. The molecule has 0 saturated carbocycles. The summed E-state index contributed by atoms with van der Waals surface area (Å²) in [7, 11) is 0. The first-order valence-corrected chi connectivity index (χ1v) is 7.33. The lowest BCUT2D eigenvalue weighted by molar-refractivity contribution is 0.867. The zero-order valence-corrected chi connectivity index (χ0v) is 13.0. The maximum Gasteiger partial charge on any atom is 0.227 e. The van der Waals surface area contributed by atoms with Gasteiger partial charge in [0.05, 0.1) is 17.6 Å². The van der Waals surface area contributed by atoms with E-state index in [4.69, 9.17) is 0 Å². The summed E-state index contributed by atoms with van der Waals surface area (Å²) in [5.74, 6) is 1.09. The molecule has 3 aromatic rings. The third kappa shape index (κ3) is 2.98. The van der Waals surface area contributed by atoms with Crippen molar-refractivity contribution in [3.8, 4) is 11.3 Å². The lowest BCUT2D eigenvalue weighted by atomic mass is 10.00. The quantitative estimate of drug-likeness (QED) is 0.761. The molecule has 112 valence electrons. The van der Waals surface area contributed by atoms with Crippen molar-refractivity contribution in [2.75, 3.05) is 5.32 Å². The fourth-order valence-corrected chi connectivity index (χ4v) is 2.27. The number of aromatic nitrogens is 4. The minimum absolute atomic E-state index is 0.527. The monoisotopic (exact) mass is 293 g/mol. The number of rotatable bonds is 4. The van der Waals surface area contributed by atoms with E-state index in [9.17, 15) is 0 Å². The Morgan fingerprint density at radius 3 is 2.50 bits per heavy atom. The molecule has 0 radical (unpaired) electrons. The van der Waals surface area contributed by atoms with Crippen LogP contribution in [0.5, 0.6) is 0 Å². The summed E-state index contributed by atoms with van der Waals surface area (Å²) in [6, 6.07) is 8.55. The maximum absolute atomic E-state index is 4.63. The average Bonchev–Trinajstić information content (AvgIpc) is 3.02. The molecular weight excluding hydrogens is 274 g/mol. The fraction of sp³-hybridized carbons (Fsp3) is 0.235. The van der Waals surface area contributed by atoms with Gasteiger partial charge < -0.3 is 5.32 Å². The predicted octanol–water partition coefficient (Wildman–Crippen LogP) is 4.04. The molecule has 2 heterocycles. The predicted molar refractivity (Wildman–Crippen MR) is 88.2 cm³/mol. The molecule has 2 N–H and O–H groups in total. The first-order valence-electron chi connectivity index (χ1n) is 7.33. The van der Waals surface area contributed by atoms with Crippen LogP contribution in [0, 0.1) is 6.92 Å². The second-order valence-electron chi connectivity index (χ2n) is 5.61. The number of aromatic amines is 1. The third-order valence-corrected chi connectivity index (χ3v) is 3.58. The summed E-state index contributed by atoms with van der Waals surface area (Å²) in [6.45, 7) is 6.41. The van der Waals surface area contributed by atoms with E-state index in [1.165, 1.54) is 5.56 Å². The van der Waals surface area contributed by atoms with Crippen LogP contribution < -0.4 is 5.32 Å². The molecule has 0 spiro atoms. The molecule has 0 atom stereocenters. The molecule has 0 saturated heterocycles. The van der Waals surface area contributed by atoms with Crippen molar-refractivity contribution in [2.45, 2.75) is 26.7 Å². The van der Waals surface area contributed by atoms with Gasteiger partial charge in [0, 0.05) is 18.0 Å². The van der Waals surface area contributed by atoms with Crippen molar-refractivity contribution >= 4 is 11.6 Å². The summed E-state index contributed by atoms with van der Waals surface area (Å²) in [5, 5.41) is 9.79. The number of aryl methyl sites for hydroxylation is 1. The van der Waals surface area contributed by atoms with Gasteiger partial charge in [0.15, 0.2) is 0 Å². The summed E-state index contributed by atoms with van der Waals surface area (Å²) >= 11 is 0. The Bertz CT molecular complexity index is 745. The van der Waals surface area contributed by atoms with Crippen LogP contribution in [0.15, 0.2) is 42.9 Å². The number of nitrogens with zero attached hydrogens (tertiary/aromatic N) is 3. The molecule has 22 heavy (non-hydrogen) atoms. The number of H-pyrrole nitrogens is 1. The molecule has 2 aromatic heterocycles. The molecule has 0 aliphatic rings. The second-order valence-corrected chi connectivity index (χ2v) is 5.61. The summed E-state index contributed by atoms with van der Waals surface area (Å²) in [5.41, 5.74) is 5.25. The Kier molecular flexibility index (Phi) is 3.87. The van der Waals surface area contributed by atoms with Crippen LogP contribution in [0.3, 0.4) is 0 Å². The number of nitrogens with one attached hydrogen (secondary N) is 2. The highest BCUT2D eigenvalue weighted by Gasteiger charge is 2.08. The van der Waals surface area contributed by atoms with Crippen molar-refractivity contribution in [3.63, 3.8) is 0 Å². The molecule has 0 aliphatic heterocycles. The van der Waals surface area contributed by atoms with Gasteiger partial charge in [-0.25, -0.2) is 9.97 Å². The van der Waals surface area contributed by atoms with Gasteiger partial charge in [-0.05, 0) is 24.0 Å². The largest absolute Gasteiger partial charge is 0.321 e. The van der Waals surface area contributed by atoms with E-state index < -0.39 is 0 Å². The van der Waals surface area contributed by atoms with Gasteiger partial charge in [0.25, 0.3) is 0 Å². The van der Waals surface area contributed by atoms with Crippen molar-refractivity contribution in [1.29, 1.82) is 0 Å². The second kappa shape index (κ2) is 5.97. The topological polar surface area (TPSA) is 66.5 Å². The SMILES string of the molecule is Cc1cnc(Nc2cn[nH]c2)nc1-c1ccc(C(C)C)cc1. The van der Waals surface area contributed by atoms with Gasteiger partial charge in [-0.3, -0.25) is 5.10 Å². The molecule has 1 aromatic carbocycles. The smallest absolute Gasteiger partial charge is 0.227 e. The summed E-state index contributed by atoms with van der Waals surface area (Å²) in [4.78, 5) is 8.95. The highest BCUT2D eigenvalue weighted by Crippen LogP contribution is 2.25. The minimum atomic E-state index is 0.527. The van der Waals surface area contributed by atoms with Crippen LogP contribution in [0.2, 0.25) is 0 Å². The average molecular weight is 293 g/mol. The molecule has 0 bridgehead atoms. The molecule has 0 aliphatic carbocycles. The van der Waals surface area contributed by atoms with Crippen molar-refractivity contribution in [3.05, 3.63) is 54.0 Å². The molecule has 3 rings (SSSR count). The first kappa shape index (κ1) is 14.3. The lowest BCUT2D eigenvalue weighted by Crippen LogP contribution is -1.99. The van der Waals surface area contributed by atoms with E-state index in [2.05, 4.69) is 63.6 Å². The Morgan fingerprint density at radius 1 is 1.09 bits per heavy atom. The van der Waals surface area contributed by atoms with Gasteiger partial charge in [-0.15, -0.1) is 0 Å². The van der Waals surface area contributed by atoms with Crippen LogP contribution in [-0.2, 0) is 0 Å². The molecule has 0 amide bonds. The van der Waals surface area contributed by atoms with Gasteiger partial charge in [-0.1, -0.05) is 38.1 Å². The van der Waals surface area contributed by atoms with Crippen LogP contribution in [0.1, 0.15) is 30.9 Å². The Balaban J connectivity index is 1.92. The van der Waals surface area contributed by atoms with E-state index in [0.717, 1.165) is 22.5 Å². The van der Waals surface area contributed by atoms with Crippen LogP contribution in [-0.4, -0.2) is 20.2 Å². The van der Waals surface area contributed by atoms with E-state index >= 15 is 0 Å². The number of benzene rings is 1. The molecule has 5 heteroatoms. The van der Waals surface area contributed by atoms with E-state index in [-0.39, 0.29) is 0 Å².